The fourth-order valence-corrected chi connectivity index (χ4v) is 1.78. The van der Waals surface area contributed by atoms with Gasteiger partial charge < -0.3 is 25.2 Å². The Labute approximate surface area is 146 Å². The smallest absolute Gasteiger partial charge is 0.343 e. The van der Waals surface area contributed by atoms with Crippen LogP contribution in [0.2, 0.25) is 0 Å². The highest BCUT2D eigenvalue weighted by atomic mass is 16.6. The fraction of sp³-hybridized carbons (Fsp3) is 0.471. The molecule has 0 fully saturated rings. The molecule has 0 heterocycles. The van der Waals surface area contributed by atoms with E-state index in [-0.39, 0.29) is 18.1 Å². The number of carbonyl (C=O) groups is 3. The van der Waals surface area contributed by atoms with Gasteiger partial charge in [0, 0.05) is 14.1 Å². The van der Waals surface area contributed by atoms with E-state index in [9.17, 15) is 19.5 Å². The average molecular weight is 352 g/mol. The molecule has 8 heteroatoms. The van der Waals surface area contributed by atoms with Gasteiger partial charge >= 0.3 is 11.9 Å². The van der Waals surface area contributed by atoms with Crippen LogP contribution in [0.1, 0.15) is 26.3 Å². The molecule has 1 aromatic carbocycles. The molecule has 0 aliphatic rings. The number of hydrogen-bond acceptors (Lipinski definition) is 6. The number of carboxylic acid groups (broad SMARTS) is 1. The lowest BCUT2D eigenvalue weighted by molar-refractivity contribution is -0.169. The molecule has 1 atom stereocenters. The van der Waals surface area contributed by atoms with Gasteiger partial charge in [0.25, 0.3) is 5.91 Å². The van der Waals surface area contributed by atoms with E-state index in [2.05, 4.69) is 0 Å². The number of hydrogen-bond donors (Lipinski definition) is 2. The number of carbonyl (C=O) groups excluding carboxylic acids is 2. The number of likely N-dealkylation sites (N-methyl/N-ethyl adjacent to an activating group) is 1. The Hall–Kier alpha value is -2.61. The Morgan fingerprint density at radius 3 is 2.04 bits per heavy atom. The van der Waals surface area contributed by atoms with Crippen molar-refractivity contribution in [2.45, 2.75) is 31.9 Å². The zero-order valence-electron chi connectivity index (χ0n) is 15.0. The van der Waals surface area contributed by atoms with Crippen molar-refractivity contribution in [1.29, 1.82) is 0 Å². The number of nitrogens with two attached hydrogens (primary N) is 1. The molecule has 0 aromatic heterocycles. The first kappa shape index (κ1) is 20.4. The first-order valence-corrected chi connectivity index (χ1v) is 7.57. The highest BCUT2D eigenvalue weighted by molar-refractivity contribution is 6.04. The van der Waals surface area contributed by atoms with Crippen LogP contribution in [0.3, 0.4) is 0 Å². The van der Waals surface area contributed by atoms with E-state index in [0.29, 0.717) is 5.75 Å². The first-order valence-electron chi connectivity index (χ1n) is 7.57. The van der Waals surface area contributed by atoms with E-state index in [0.717, 1.165) is 0 Å². The molecule has 1 rings (SSSR count). The number of carboxylic acids is 1. The fourth-order valence-electron chi connectivity index (χ4n) is 1.78. The summed E-state index contributed by atoms with van der Waals surface area (Å²) >= 11 is 0. The third-order valence-electron chi connectivity index (χ3n) is 3.23. The second kappa shape index (κ2) is 7.52. The van der Waals surface area contributed by atoms with Gasteiger partial charge in [-0.25, -0.2) is 9.59 Å². The van der Waals surface area contributed by atoms with Crippen LogP contribution in [0, 0.1) is 0 Å². The minimum atomic E-state index is -2.34. The maximum atomic E-state index is 12.3. The minimum absolute atomic E-state index is 0.0422. The van der Waals surface area contributed by atoms with Gasteiger partial charge in [-0.3, -0.25) is 4.79 Å². The lowest BCUT2D eigenvalue weighted by atomic mass is 9.90. The molecule has 138 valence electrons. The average Bonchev–Trinajstić information content (AvgIpc) is 2.50. The molecule has 0 saturated carbocycles. The number of benzene rings is 1. The Bertz CT molecular complexity index is 648. The second-order valence-electron chi connectivity index (χ2n) is 6.72. The minimum Gasteiger partial charge on any atom is -0.484 e. The maximum absolute atomic E-state index is 12.3. The molecule has 0 bridgehead atoms. The normalized spacial score (nSPS) is 13.5. The van der Waals surface area contributed by atoms with Crippen LogP contribution in [-0.4, -0.2) is 54.2 Å². The van der Waals surface area contributed by atoms with Gasteiger partial charge in [-0.05, 0) is 38.5 Å². The zero-order chi connectivity index (χ0) is 19.4. The summed E-state index contributed by atoms with van der Waals surface area (Å²) in [4.78, 5) is 36.8. The standard InChI is InChI=1S/C17H24N2O6/c1-16(2,3)25-15(23)17(18,14(21)22)11-6-8-12(9-7-11)24-10-13(20)19(4)5/h6-9H,10,18H2,1-5H3,(H,21,22)/t17-/m1/s1. The van der Waals surface area contributed by atoms with Gasteiger partial charge in [-0.1, -0.05) is 12.1 Å². The summed E-state index contributed by atoms with van der Waals surface area (Å²) in [5.41, 5.74) is 2.67. The van der Waals surface area contributed by atoms with E-state index in [1.807, 2.05) is 0 Å². The number of esters is 1. The van der Waals surface area contributed by atoms with Crippen molar-refractivity contribution in [1.82, 2.24) is 4.90 Å². The van der Waals surface area contributed by atoms with Crippen molar-refractivity contribution < 1.29 is 29.0 Å². The summed E-state index contributed by atoms with van der Waals surface area (Å²) in [6.07, 6.45) is 0. The van der Waals surface area contributed by atoms with E-state index < -0.39 is 23.1 Å². The Morgan fingerprint density at radius 1 is 1.12 bits per heavy atom. The highest BCUT2D eigenvalue weighted by Gasteiger charge is 2.47. The van der Waals surface area contributed by atoms with Gasteiger partial charge in [0.2, 0.25) is 5.54 Å². The Kier molecular flexibility index (Phi) is 6.15. The summed E-state index contributed by atoms with van der Waals surface area (Å²) in [5, 5.41) is 9.45. The van der Waals surface area contributed by atoms with Crippen LogP contribution in [0.4, 0.5) is 0 Å². The number of amides is 1. The third-order valence-corrected chi connectivity index (χ3v) is 3.23. The molecule has 8 nitrogen and oxygen atoms in total. The molecule has 1 aromatic rings. The molecule has 0 aliphatic heterocycles. The van der Waals surface area contributed by atoms with Gasteiger partial charge in [-0.15, -0.1) is 0 Å². The van der Waals surface area contributed by atoms with Crippen molar-refractivity contribution in [2.24, 2.45) is 5.73 Å². The largest absolute Gasteiger partial charge is 0.484 e. The summed E-state index contributed by atoms with van der Waals surface area (Å²) in [6, 6.07) is 5.58. The summed E-state index contributed by atoms with van der Waals surface area (Å²) in [7, 11) is 3.20. The molecule has 0 unspecified atom stereocenters. The molecule has 1 amide bonds. The third kappa shape index (κ3) is 5.18. The van der Waals surface area contributed by atoms with Crippen LogP contribution in [-0.2, 0) is 24.7 Å². The number of ether oxygens (including phenoxy) is 2. The SMILES string of the molecule is CN(C)C(=O)COc1ccc([C@@](N)(C(=O)O)C(=O)OC(C)(C)C)cc1. The molecule has 25 heavy (non-hydrogen) atoms. The van der Waals surface area contributed by atoms with Crippen molar-refractivity contribution in [3.8, 4) is 5.75 Å². The highest BCUT2D eigenvalue weighted by Crippen LogP contribution is 2.25. The summed E-state index contributed by atoms with van der Waals surface area (Å²) in [5.74, 6) is -2.48. The lowest BCUT2D eigenvalue weighted by Gasteiger charge is -2.28. The van der Waals surface area contributed by atoms with E-state index in [4.69, 9.17) is 15.2 Å². The van der Waals surface area contributed by atoms with E-state index in [1.165, 1.54) is 29.2 Å². The molecule has 0 saturated heterocycles. The molecule has 0 spiro atoms. The number of nitrogens with zero attached hydrogens (tertiary/aromatic N) is 1. The van der Waals surface area contributed by atoms with Crippen LogP contribution >= 0.6 is 0 Å². The van der Waals surface area contributed by atoms with Crippen molar-refractivity contribution in [3.63, 3.8) is 0 Å². The predicted molar refractivity (Wildman–Crippen MR) is 90.0 cm³/mol. The van der Waals surface area contributed by atoms with Crippen LogP contribution in [0.5, 0.6) is 5.75 Å². The Morgan fingerprint density at radius 2 is 1.64 bits per heavy atom. The van der Waals surface area contributed by atoms with Crippen molar-refractivity contribution in [3.05, 3.63) is 29.8 Å². The predicted octanol–water partition coefficient (Wildman–Crippen LogP) is 0.734. The van der Waals surface area contributed by atoms with Gasteiger partial charge in [0.05, 0.1) is 0 Å². The maximum Gasteiger partial charge on any atom is 0.343 e. The first-order chi connectivity index (χ1) is 11.4. The monoisotopic (exact) mass is 352 g/mol. The lowest BCUT2D eigenvalue weighted by Crippen LogP contribution is -2.54. The van der Waals surface area contributed by atoms with Crippen molar-refractivity contribution in [2.75, 3.05) is 20.7 Å². The summed E-state index contributed by atoms with van der Waals surface area (Å²) < 4.78 is 10.4. The molecule has 0 radical (unpaired) electrons. The molecule has 0 aliphatic carbocycles. The summed E-state index contributed by atoms with van der Waals surface area (Å²) in [6.45, 7) is 4.69. The van der Waals surface area contributed by atoms with Crippen molar-refractivity contribution >= 4 is 17.8 Å². The van der Waals surface area contributed by atoms with Crippen LogP contribution < -0.4 is 10.5 Å². The molecular formula is C17H24N2O6. The molecule has 3 N–H and O–H groups in total. The molecular weight excluding hydrogens is 328 g/mol. The zero-order valence-corrected chi connectivity index (χ0v) is 15.0. The van der Waals surface area contributed by atoms with Crippen LogP contribution in [0.15, 0.2) is 24.3 Å². The van der Waals surface area contributed by atoms with Gasteiger partial charge in [-0.2, -0.15) is 0 Å². The Balaban J connectivity index is 3.01. The van der Waals surface area contributed by atoms with Crippen LogP contribution in [0.25, 0.3) is 0 Å². The topological polar surface area (TPSA) is 119 Å². The quantitative estimate of drug-likeness (QED) is 0.572. The number of rotatable bonds is 6. The van der Waals surface area contributed by atoms with E-state index in [1.54, 1.807) is 34.9 Å². The van der Waals surface area contributed by atoms with E-state index >= 15 is 0 Å². The second-order valence-corrected chi connectivity index (χ2v) is 6.72. The van der Waals surface area contributed by atoms with Gasteiger partial charge in [0.15, 0.2) is 6.61 Å². The number of aliphatic carboxylic acids is 1. The van der Waals surface area contributed by atoms with Gasteiger partial charge in [0.1, 0.15) is 11.4 Å².